The summed E-state index contributed by atoms with van der Waals surface area (Å²) >= 11 is 11.8. The molecule has 5 nitrogen and oxygen atoms in total. The van der Waals surface area contributed by atoms with Crippen molar-refractivity contribution in [3.8, 4) is 0 Å². The van der Waals surface area contributed by atoms with Gasteiger partial charge in [0.05, 0.1) is 15.7 Å². The topological polar surface area (TPSA) is 76.3 Å². The first-order chi connectivity index (χ1) is 9.84. The number of anilines is 1. The molecule has 1 aromatic carbocycles. The third-order valence-corrected chi connectivity index (χ3v) is 5.63. The van der Waals surface area contributed by atoms with Gasteiger partial charge >= 0.3 is 0 Å². The Balaban J connectivity index is 2.36. The first-order valence-electron chi connectivity index (χ1n) is 5.92. The molecule has 0 saturated carbocycles. The second-order valence-corrected chi connectivity index (χ2v) is 7.19. The van der Waals surface area contributed by atoms with E-state index in [0.29, 0.717) is 0 Å². The third-order valence-electron chi connectivity index (χ3n) is 2.93. The predicted octanol–water partition coefficient (Wildman–Crippen LogP) is 2.79. The summed E-state index contributed by atoms with van der Waals surface area (Å²) in [6, 6.07) is 6.24. The SMILES string of the molecule is CN(Cc1ccncc1)S(=O)(=O)c1ccc(Cl)c(N)c1Cl. The molecule has 0 aliphatic heterocycles. The average Bonchev–Trinajstić information content (AvgIpc) is 2.45. The van der Waals surface area contributed by atoms with Gasteiger partial charge in [0, 0.05) is 26.0 Å². The fourth-order valence-corrected chi connectivity index (χ4v) is 3.64. The molecule has 2 N–H and O–H groups in total. The second kappa shape index (κ2) is 6.19. The molecule has 0 aliphatic carbocycles. The number of hydrogen-bond donors (Lipinski definition) is 1. The Morgan fingerprint density at radius 3 is 2.43 bits per heavy atom. The number of nitrogen functional groups attached to an aromatic ring is 1. The maximum absolute atomic E-state index is 12.5. The molecule has 0 fully saturated rings. The highest BCUT2D eigenvalue weighted by atomic mass is 35.5. The van der Waals surface area contributed by atoms with Gasteiger partial charge in [0.25, 0.3) is 0 Å². The normalized spacial score (nSPS) is 11.8. The number of halogens is 2. The molecule has 21 heavy (non-hydrogen) atoms. The van der Waals surface area contributed by atoms with E-state index in [2.05, 4.69) is 4.98 Å². The van der Waals surface area contributed by atoms with Crippen LogP contribution in [0.2, 0.25) is 10.0 Å². The minimum atomic E-state index is -3.76. The predicted molar refractivity (Wildman–Crippen MR) is 83.8 cm³/mol. The lowest BCUT2D eigenvalue weighted by Gasteiger charge is -2.18. The van der Waals surface area contributed by atoms with Crippen LogP contribution in [0.15, 0.2) is 41.6 Å². The third kappa shape index (κ3) is 3.29. The zero-order valence-electron chi connectivity index (χ0n) is 11.1. The Kier molecular flexibility index (Phi) is 4.73. The molecule has 112 valence electrons. The first kappa shape index (κ1) is 16.0. The van der Waals surface area contributed by atoms with Crippen molar-refractivity contribution in [1.29, 1.82) is 0 Å². The van der Waals surface area contributed by atoms with E-state index in [-0.39, 0.29) is 27.2 Å². The molecule has 0 bridgehead atoms. The van der Waals surface area contributed by atoms with E-state index < -0.39 is 10.0 Å². The van der Waals surface area contributed by atoms with Gasteiger partial charge in [0.15, 0.2) is 0 Å². The van der Waals surface area contributed by atoms with Crippen LogP contribution in [0.1, 0.15) is 5.56 Å². The lowest BCUT2D eigenvalue weighted by Crippen LogP contribution is -2.27. The molecule has 0 unspecified atom stereocenters. The standard InChI is InChI=1S/C13H13Cl2N3O2S/c1-18(8-9-4-6-17-7-5-9)21(19,20)11-3-2-10(14)13(16)12(11)15/h2-7H,8,16H2,1H3. The molecule has 2 rings (SSSR count). The van der Waals surface area contributed by atoms with Gasteiger partial charge < -0.3 is 5.73 Å². The number of nitrogens with two attached hydrogens (primary N) is 1. The quantitative estimate of drug-likeness (QED) is 0.864. The number of benzene rings is 1. The highest BCUT2D eigenvalue weighted by Crippen LogP contribution is 2.34. The molecule has 0 spiro atoms. The average molecular weight is 346 g/mol. The molecule has 8 heteroatoms. The zero-order chi connectivity index (χ0) is 15.6. The van der Waals surface area contributed by atoms with Crippen LogP contribution in [0.4, 0.5) is 5.69 Å². The van der Waals surface area contributed by atoms with Crippen LogP contribution in [0.25, 0.3) is 0 Å². The summed E-state index contributed by atoms with van der Waals surface area (Å²) in [6.07, 6.45) is 3.20. The van der Waals surface area contributed by atoms with Gasteiger partial charge in [-0.05, 0) is 29.8 Å². The maximum atomic E-state index is 12.5. The Labute approximate surface area is 133 Å². The number of rotatable bonds is 4. The minimum absolute atomic E-state index is 0.0525. The smallest absolute Gasteiger partial charge is 0.244 e. The van der Waals surface area contributed by atoms with Gasteiger partial charge in [-0.2, -0.15) is 4.31 Å². The highest BCUT2D eigenvalue weighted by molar-refractivity contribution is 7.89. The summed E-state index contributed by atoms with van der Waals surface area (Å²) < 4.78 is 26.3. The van der Waals surface area contributed by atoms with Gasteiger partial charge in [-0.15, -0.1) is 0 Å². The van der Waals surface area contributed by atoms with Crippen molar-refractivity contribution in [1.82, 2.24) is 9.29 Å². The largest absolute Gasteiger partial charge is 0.396 e. The van der Waals surface area contributed by atoms with E-state index in [4.69, 9.17) is 28.9 Å². The molecule has 1 aromatic heterocycles. The Morgan fingerprint density at radius 1 is 1.19 bits per heavy atom. The molecule has 0 atom stereocenters. The number of sulfonamides is 1. The lowest BCUT2D eigenvalue weighted by molar-refractivity contribution is 0.466. The molecule has 2 aromatic rings. The molecule has 0 saturated heterocycles. The number of pyridine rings is 1. The van der Waals surface area contributed by atoms with Crippen molar-refractivity contribution in [2.45, 2.75) is 11.4 Å². The summed E-state index contributed by atoms with van der Waals surface area (Å²) in [5.74, 6) is 0. The van der Waals surface area contributed by atoms with E-state index in [1.807, 2.05) is 0 Å². The van der Waals surface area contributed by atoms with Crippen LogP contribution in [0.3, 0.4) is 0 Å². The van der Waals surface area contributed by atoms with Crippen LogP contribution in [0, 0.1) is 0 Å². The summed E-state index contributed by atoms with van der Waals surface area (Å²) in [5, 5.41) is 0.153. The first-order valence-corrected chi connectivity index (χ1v) is 8.12. The van der Waals surface area contributed by atoms with E-state index in [1.165, 1.54) is 23.5 Å². The van der Waals surface area contributed by atoms with E-state index >= 15 is 0 Å². The summed E-state index contributed by atoms with van der Waals surface area (Å²) in [5.41, 5.74) is 6.54. The fourth-order valence-electron chi connectivity index (χ4n) is 1.75. The summed E-state index contributed by atoms with van der Waals surface area (Å²) in [6.45, 7) is 0.198. The number of aromatic nitrogens is 1. The Bertz CT molecular complexity index is 752. The van der Waals surface area contributed by atoms with Crippen LogP contribution in [0.5, 0.6) is 0 Å². The van der Waals surface area contributed by atoms with Crippen molar-refractivity contribution in [2.75, 3.05) is 12.8 Å². The molecular formula is C13H13Cl2N3O2S. The van der Waals surface area contributed by atoms with E-state index in [9.17, 15) is 8.42 Å². The molecule has 0 radical (unpaired) electrons. The maximum Gasteiger partial charge on any atom is 0.244 e. The molecular weight excluding hydrogens is 333 g/mol. The van der Waals surface area contributed by atoms with E-state index in [0.717, 1.165) is 5.56 Å². The zero-order valence-corrected chi connectivity index (χ0v) is 13.5. The molecule has 1 heterocycles. The number of hydrogen-bond acceptors (Lipinski definition) is 4. The van der Waals surface area contributed by atoms with Crippen molar-refractivity contribution >= 4 is 38.9 Å². The van der Waals surface area contributed by atoms with Gasteiger partial charge in [-0.1, -0.05) is 23.2 Å². The van der Waals surface area contributed by atoms with Crippen LogP contribution >= 0.6 is 23.2 Å². The van der Waals surface area contributed by atoms with Gasteiger partial charge in [-0.25, -0.2) is 8.42 Å². The van der Waals surface area contributed by atoms with Crippen molar-refractivity contribution in [2.24, 2.45) is 0 Å². The lowest BCUT2D eigenvalue weighted by atomic mass is 10.3. The Hall–Kier alpha value is -1.34. The van der Waals surface area contributed by atoms with Crippen molar-refractivity contribution in [3.05, 3.63) is 52.3 Å². The minimum Gasteiger partial charge on any atom is -0.396 e. The highest BCUT2D eigenvalue weighted by Gasteiger charge is 2.25. The number of nitrogens with zero attached hydrogens (tertiary/aromatic N) is 2. The fraction of sp³-hybridized carbons (Fsp3) is 0.154. The van der Waals surface area contributed by atoms with E-state index in [1.54, 1.807) is 24.5 Å². The van der Waals surface area contributed by atoms with Gasteiger partial charge in [-0.3, -0.25) is 4.98 Å². The van der Waals surface area contributed by atoms with Gasteiger partial charge in [0.1, 0.15) is 4.90 Å². The molecule has 0 aliphatic rings. The monoisotopic (exact) mass is 345 g/mol. The van der Waals surface area contributed by atoms with Crippen LogP contribution < -0.4 is 5.73 Å². The summed E-state index contributed by atoms with van der Waals surface area (Å²) in [7, 11) is -2.30. The second-order valence-electron chi connectivity index (χ2n) is 4.39. The van der Waals surface area contributed by atoms with Crippen LogP contribution in [-0.2, 0) is 16.6 Å². The van der Waals surface area contributed by atoms with Crippen LogP contribution in [-0.4, -0.2) is 24.8 Å². The van der Waals surface area contributed by atoms with Crippen molar-refractivity contribution < 1.29 is 8.42 Å². The van der Waals surface area contributed by atoms with Gasteiger partial charge in [0.2, 0.25) is 10.0 Å². The Morgan fingerprint density at radius 2 is 1.81 bits per heavy atom. The summed E-state index contributed by atoms with van der Waals surface area (Å²) in [4.78, 5) is 3.82. The molecule has 0 amide bonds. The van der Waals surface area contributed by atoms with Crippen molar-refractivity contribution in [3.63, 3.8) is 0 Å².